The zero-order valence-corrected chi connectivity index (χ0v) is 10.9. The second-order valence-electron chi connectivity index (χ2n) is 4.47. The van der Waals surface area contributed by atoms with Gasteiger partial charge in [-0.2, -0.15) is 0 Å². The summed E-state index contributed by atoms with van der Waals surface area (Å²) in [6.45, 7) is 5.78. The molecule has 0 aliphatic carbocycles. The first-order chi connectivity index (χ1) is 8.32. The number of nitrogens with one attached hydrogen (secondary N) is 2. The Hall–Kier alpha value is -1.76. The van der Waals surface area contributed by atoms with Gasteiger partial charge in [0, 0.05) is 13.1 Å². The van der Waals surface area contributed by atoms with Crippen molar-refractivity contribution in [1.29, 1.82) is 0 Å². The largest absolute Gasteiger partial charge is 0.388 e. The lowest BCUT2D eigenvalue weighted by Gasteiger charge is -2.22. The summed E-state index contributed by atoms with van der Waals surface area (Å²) in [5.74, 6) is 0.0816. The van der Waals surface area contributed by atoms with Crippen LogP contribution in [-0.4, -0.2) is 26.8 Å². The molecule has 7 nitrogen and oxygen atoms in total. The minimum Gasteiger partial charge on any atom is -0.388 e. The van der Waals surface area contributed by atoms with Gasteiger partial charge < -0.3 is 16.2 Å². The van der Waals surface area contributed by atoms with Crippen LogP contribution in [0.15, 0.2) is 9.59 Å². The van der Waals surface area contributed by atoms with Gasteiger partial charge in [0.15, 0.2) is 0 Å². The van der Waals surface area contributed by atoms with Gasteiger partial charge in [-0.05, 0) is 20.3 Å². The molecule has 1 aromatic rings. The first-order valence-corrected chi connectivity index (χ1v) is 5.91. The van der Waals surface area contributed by atoms with Crippen molar-refractivity contribution < 1.29 is 5.11 Å². The van der Waals surface area contributed by atoms with Crippen LogP contribution in [0.2, 0.25) is 0 Å². The number of H-pyrrole nitrogens is 1. The molecule has 102 valence electrons. The predicted octanol–water partition coefficient (Wildman–Crippen LogP) is -0.288. The molecule has 0 fully saturated rings. The van der Waals surface area contributed by atoms with Gasteiger partial charge in [0.05, 0.1) is 5.60 Å². The zero-order valence-electron chi connectivity index (χ0n) is 10.9. The molecule has 1 unspecified atom stereocenters. The molecule has 0 aromatic carbocycles. The Balaban J connectivity index is 3.11. The van der Waals surface area contributed by atoms with Crippen LogP contribution in [0.25, 0.3) is 0 Å². The lowest BCUT2D eigenvalue weighted by atomic mass is 10.0. The molecule has 7 heteroatoms. The molecule has 0 radical (unpaired) electrons. The topological polar surface area (TPSA) is 113 Å². The number of rotatable bonds is 5. The van der Waals surface area contributed by atoms with Crippen LogP contribution in [-0.2, 0) is 6.54 Å². The molecule has 0 aliphatic heterocycles. The predicted molar refractivity (Wildman–Crippen MR) is 70.8 cm³/mol. The van der Waals surface area contributed by atoms with Crippen molar-refractivity contribution in [2.75, 3.05) is 17.6 Å². The number of aromatic nitrogens is 2. The minimum atomic E-state index is -0.938. The van der Waals surface area contributed by atoms with E-state index in [1.165, 1.54) is 4.57 Å². The summed E-state index contributed by atoms with van der Waals surface area (Å²) in [5, 5.41) is 12.7. The van der Waals surface area contributed by atoms with Crippen LogP contribution in [0.3, 0.4) is 0 Å². The SMILES string of the molecule is CCn1c(N)c(NCC(C)(O)CC)c(=O)[nH]c1=O. The average molecular weight is 256 g/mol. The number of hydrogen-bond donors (Lipinski definition) is 4. The third-order valence-electron chi connectivity index (χ3n) is 2.96. The van der Waals surface area contributed by atoms with E-state index in [2.05, 4.69) is 10.3 Å². The van der Waals surface area contributed by atoms with Gasteiger partial charge >= 0.3 is 5.69 Å². The summed E-state index contributed by atoms with van der Waals surface area (Å²) in [5.41, 5.74) is 3.83. The number of hydrogen-bond acceptors (Lipinski definition) is 5. The van der Waals surface area contributed by atoms with E-state index in [0.29, 0.717) is 13.0 Å². The minimum absolute atomic E-state index is 0.0816. The third kappa shape index (κ3) is 2.92. The lowest BCUT2D eigenvalue weighted by Crippen LogP contribution is -2.37. The van der Waals surface area contributed by atoms with Gasteiger partial charge in [-0.15, -0.1) is 0 Å². The summed E-state index contributed by atoms with van der Waals surface area (Å²) in [4.78, 5) is 25.3. The Morgan fingerprint density at radius 2 is 2.06 bits per heavy atom. The maximum Gasteiger partial charge on any atom is 0.330 e. The van der Waals surface area contributed by atoms with Gasteiger partial charge in [0.25, 0.3) is 5.56 Å². The molecule has 5 N–H and O–H groups in total. The van der Waals surface area contributed by atoms with Crippen LogP contribution in [0, 0.1) is 0 Å². The maximum atomic E-state index is 11.6. The highest BCUT2D eigenvalue weighted by molar-refractivity contribution is 5.60. The maximum absolute atomic E-state index is 11.6. The van der Waals surface area contributed by atoms with E-state index in [4.69, 9.17) is 5.73 Å². The number of aromatic amines is 1. The van der Waals surface area contributed by atoms with Crippen LogP contribution in [0.1, 0.15) is 27.2 Å². The van der Waals surface area contributed by atoms with Gasteiger partial charge in [-0.1, -0.05) is 6.92 Å². The first kappa shape index (κ1) is 14.3. The highest BCUT2D eigenvalue weighted by atomic mass is 16.3. The normalized spacial score (nSPS) is 14.2. The monoisotopic (exact) mass is 256 g/mol. The Morgan fingerprint density at radius 1 is 1.44 bits per heavy atom. The molecule has 1 aromatic heterocycles. The second kappa shape index (κ2) is 5.26. The molecule has 0 bridgehead atoms. The van der Waals surface area contributed by atoms with Gasteiger partial charge in [-0.3, -0.25) is 14.3 Å². The zero-order chi connectivity index (χ0) is 13.9. The second-order valence-corrected chi connectivity index (χ2v) is 4.47. The van der Waals surface area contributed by atoms with Gasteiger partial charge in [-0.25, -0.2) is 4.79 Å². The standard InChI is InChI=1S/C11H20N4O3/c1-4-11(3,18)6-13-7-8(12)15(5-2)10(17)14-9(7)16/h13,18H,4-6,12H2,1-3H3,(H,14,16,17). The molecule has 0 aliphatic rings. The highest BCUT2D eigenvalue weighted by Gasteiger charge is 2.19. The van der Waals surface area contributed by atoms with Gasteiger partial charge in [0.2, 0.25) is 0 Å². The fourth-order valence-corrected chi connectivity index (χ4v) is 1.48. The van der Waals surface area contributed by atoms with E-state index in [-0.39, 0.29) is 18.1 Å². The summed E-state index contributed by atoms with van der Waals surface area (Å²) < 4.78 is 1.25. The molecular weight excluding hydrogens is 236 g/mol. The van der Waals surface area contributed by atoms with E-state index in [9.17, 15) is 14.7 Å². The lowest BCUT2D eigenvalue weighted by molar-refractivity contribution is 0.0697. The Bertz CT molecular complexity index is 530. The van der Waals surface area contributed by atoms with E-state index in [1.54, 1.807) is 13.8 Å². The molecular formula is C11H20N4O3. The number of nitrogens with zero attached hydrogens (tertiary/aromatic N) is 1. The Morgan fingerprint density at radius 3 is 2.56 bits per heavy atom. The van der Waals surface area contributed by atoms with Crippen molar-refractivity contribution in [3.05, 3.63) is 20.8 Å². The smallest absolute Gasteiger partial charge is 0.330 e. The van der Waals surface area contributed by atoms with Crippen LogP contribution in [0.4, 0.5) is 11.5 Å². The Labute approximate surface area is 105 Å². The molecule has 0 amide bonds. The first-order valence-electron chi connectivity index (χ1n) is 5.91. The number of aliphatic hydroxyl groups is 1. The van der Waals surface area contributed by atoms with Crippen molar-refractivity contribution in [3.63, 3.8) is 0 Å². The fraction of sp³-hybridized carbons (Fsp3) is 0.636. The summed E-state index contributed by atoms with van der Waals surface area (Å²) in [7, 11) is 0. The molecule has 1 heterocycles. The molecule has 18 heavy (non-hydrogen) atoms. The summed E-state index contributed by atoms with van der Waals surface area (Å²) >= 11 is 0. The number of anilines is 2. The van der Waals surface area contributed by atoms with Crippen molar-refractivity contribution >= 4 is 11.5 Å². The third-order valence-corrected chi connectivity index (χ3v) is 2.96. The molecule has 0 saturated heterocycles. The van der Waals surface area contributed by atoms with Crippen molar-refractivity contribution in [3.8, 4) is 0 Å². The molecule has 1 rings (SSSR count). The van der Waals surface area contributed by atoms with Crippen molar-refractivity contribution in [2.24, 2.45) is 0 Å². The number of nitrogen functional groups attached to an aromatic ring is 1. The van der Waals surface area contributed by atoms with Crippen molar-refractivity contribution in [2.45, 2.75) is 39.3 Å². The molecule has 1 atom stereocenters. The quantitative estimate of drug-likeness (QED) is 0.578. The average Bonchev–Trinajstić information content (AvgIpc) is 2.28. The van der Waals surface area contributed by atoms with Gasteiger partial charge in [0.1, 0.15) is 11.5 Å². The van der Waals surface area contributed by atoms with Crippen LogP contribution < -0.4 is 22.3 Å². The van der Waals surface area contributed by atoms with E-state index >= 15 is 0 Å². The summed E-state index contributed by atoms with van der Waals surface area (Å²) in [6.07, 6.45) is 0.533. The van der Waals surface area contributed by atoms with Crippen LogP contribution in [0.5, 0.6) is 0 Å². The summed E-state index contributed by atoms with van der Waals surface area (Å²) in [6, 6.07) is 0. The molecule has 0 spiro atoms. The highest BCUT2D eigenvalue weighted by Crippen LogP contribution is 2.13. The van der Waals surface area contributed by atoms with E-state index in [1.807, 2.05) is 6.92 Å². The number of nitrogens with two attached hydrogens (primary N) is 1. The van der Waals surface area contributed by atoms with E-state index in [0.717, 1.165) is 0 Å². The molecule has 0 saturated carbocycles. The Kier molecular flexibility index (Phi) is 4.18. The van der Waals surface area contributed by atoms with Crippen molar-refractivity contribution in [1.82, 2.24) is 9.55 Å². The van der Waals surface area contributed by atoms with Crippen LogP contribution >= 0.6 is 0 Å². The fourth-order valence-electron chi connectivity index (χ4n) is 1.48. The van der Waals surface area contributed by atoms with E-state index < -0.39 is 16.9 Å².